The minimum Gasteiger partial charge on any atom is -0.496 e. The molecular weight excluding hydrogens is 245 g/mol. The number of aryl methyl sites for hydroxylation is 1. The fourth-order valence-electron chi connectivity index (χ4n) is 1.37. The van der Waals surface area contributed by atoms with Crippen molar-refractivity contribution in [2.24, 2.45) is 0 Å². The zero-order chi connectivity index (χ0) is 12.5. The monoisotopic (exact) mass is 252 g/mol. The van der Waals surface area contributed by atoms with Gasteiger partial charge in [-0.05, 0) is 36.2 Å². The Kier molecular flexibility index (Phi) is 3.48. The molecule has 0 N–H and O–H groups in total. The Morgan fingerprint density at radius 2 is 1.94 bits per heavy atom. The minimum absolute atomic E-state index is 0.202. The molecule has 1 aromatic rings. The number of carbonyl (C=O) groups is 1. The third kappa shape index (κ3) is 2.47. The topological polar surface area (TPSA) is 26.3 Å². The molecule has 0 spiro atoms. The van der Waals surface area contributed by atoms with Gasteiger partial charge in [0.15, 0.2) is 0 Å². The molecule has 16 heavy (non-hydrogen) atoms. The van der Waals surface area contributed by atoms with Crippen molar-refractivity contribution in [3.05, 3.63) is 28.8 Å². The molecule has 0 heterocycles. The lowest BCUT2D eigenvalue weighted by Crippen LogP contribution is -2.10. The van der Waals surface area contributed by atoms with Crippen molar-refractivity contribution in [1.29, 1.82) is 0 Å². The molecule has 1 aromatic carbocycles. The molecule has 0 saturated heterocycles. The summed E-state index contributed by atoms with van der Waals surface area (Å²) in [6, 6.07) is 1.94. The van der Waals surface area contributed by atoms with E-state index in [4.69, 9.17) is 11.6 Å². The molecule has 0 bridgehead atoms. The van der Waals surface area contributed by atoms with E-state index in [2.05, 4.69) is 4.74 Å². The van der Waals surface area contributed by atoms with E-state index in [0.29, 0.717) is 6.07 Å². The van der Waals surface area contributed by atoms with E-state index in [1.165, 1.54) is 13.0 Å². The highest BCUT2D eigenvalue weighted by Crippen LogP contribution is 2.38. The number of alkyl halides is 3. The number of benzene rings is 1. The molecule has 0 atom stereocenters. The molecule has 0 radical (unpaired) electrons. The number of carbonyl (C=O) groups excluding carboxylic acids is 1. The maximum Gasteiger partial charge on any atom is 0.419 e. The maximum atomic E-state index is 12.6. The van der Waals surface area contributed by atoms with Crippen molar-refractivity contribution in [3.8, 4) is 5.75 Å². The summed E-state index contributed by atoms with van der Waals surface area (Å²) in [5.74, 6) is -0.297. The largest absolute Gasteiger partial charge is 0.496 e. The Bertz CT molecular complexity index is 427. The second kappa shape index (κ2) is 4.33. The van der Waals surface area contributed by atoms with Crippen LogP contribution in [0, 0.1) is 6.92 Å². The molecular formula is C10H8ClF3O2. The molecule has 0 aliphatic heterocycles. The summed E-state index contributed by atoms with van der Waals surface area (Å²) in [6.45, 7) is 1.41. The molecule has 0 amide bonds. The highest BCUT2D eigenvalue weighted by molar-refractivity contribution is 6.67. The molecule has 6 heteroatoms. The molecule has 0 saturated carbocycles. The van der Waals surface area contributed by atoms with Crippen molar-refractivity contribution < 1.29 is 22.7 Å². The normalized spacial score (nSPS) is 11.4. The zero-order valence-electron chi connectivity index (χ0n) is 8.48. The average molecular weight is 253 g/mol. The van der Waals surface area contributed by atoms with Crippen molar-refractivity contribution >= 4 is 16.8 Å². The van der Waals surface area contributed by atoms with Gasteiger partial charge in [-0.3, -0.25) is 4.79 Å². The van der Waals surface area contributed by atoms with Crippen molar-refractivity contribution in [1.82, 2.24) is 0 Å². The van der Waals surface area contributed by atoms with Gasteiger partial charge in [0.1, 0.15) is 5.75 Å². The van der Waals surface area contributed by atoms with Gasteiger partial charge in [0.2, 0.25) is 0 Å². The lowest BCUT2D eigenvalue weighted by molar-refractivity contribution is -0.138. The third-order valence-corrected chi connectivity index (χ3v) is 2.23. The fraction of sp³-hybridized carbons (Fsp3) is 0.300. The molecule has 0 fully saturated rings. The van der Waals surface area contributed by atoms with Gasteiger partial charge in [-0.15, -0.1) is 0 Å². The Hall–Kier alpha value is -1.23. The first kappa shape index (κ1) is 12.8. The van der Waals surface area contributed by atoms with Crippen LogP contribution >= 0.6 is 11.6 Å². The second-order valence-electron chi connectivity index (χ2n) is 3.15. The van der Waals surface area contributed by atoms with Crippen LogP contribution in [-0.2, 0) is 6.18 Å². The Morgan fingerprint density at radius 3 is 2.31 bits per heavy atom. The minimum atomic E-state index is -4.58. The Balaban J connectivity index is 3.49. The summed E-state index contributed by atoms with van der Waals surface area (Å²) >= 11 is 5.15. The summed E-state index contributed by atoms with van der Waals surface area (Å²) in [5.41, 5.74) is -0.993. The predicted octanol–water partition coefficient (Wildman–Crippen LogP) is 3.40. The highest BCUT2D eigenvalue weighted by atomic mass is 35.5. The molecule has 2 nitrogen and oxygen atoms in total. The van der Waals surface area contributed by atoms with Crippen LogP contribution in [-0.4, -0.2) is 12.4 Å². The zero-order valence-corrected chi connectivity index (χ0v) is 9.24. The van der Waals surface area contributed by atoms with Crippen LogP contribution in [0.4, 0.5) is 13.2 Å². The average Bonchev–Trinajstić information content (AvgIpc) is 2.14. The van der Waals surface area contributed by atoms with Gasteiger partial charge in [0.05, 0.1) is 12.7 Å². The van der Waals surface area contributed by atoms with E-state index in [0.717, 1.165) is 7.11 Å². The number of hydrogen-bond donors (Lipinski definition) is 0. The van der Waals surface area contributed by atoms with E-state index < -0.39 is 17.0 Å². The van der Waals surface area contributed by atoms with E-state index in [1.54, 1.807) is 0 Å². The van der Waals surface area contributed by atoms with Gasteiger partial charge in [-0.2, -0.15) is 13.2 Å². The van der Waals surface area contributed by atoms with Crippen LogP contribution in [0.1, 0.15) is 21.5 Å². The Morgan fingerprint density at radius 1 is 1.38 bits per heavy atom. The standard InChI is InChI=1S/C10H8ClF3O2/c1-5-3-6(9(11)15)4-7(8(5)16-2)10(12,13)14/h3-4H,1-2H3. The molecule has 0 aliphatic rings. The van der Waals surface area contributed by atoms with Crippen LogP contribution in [0.3, 0.4) is 0 Å². The van der Waals surface area contributed by atoms with Crippen LogP contribution in [0.25, 0.3) is 0 Å². The first-order valence-corrected chi connectivity index (χ1v) is 4.61. The van der Waals surface area contributed by atoms with E-state index in [9.17, 15) is 18.0 Å². The van der Waals surface area contributed by atoms with E-state index in [1.807, 2.05) is 0 Å². The molecule has 1 rings (SSSR count). The van der Waals surface area contributed by atoms with Gasteiger partial charge in [0.25, 0.3) is 5.24 Å². The first-order valence-electron chi connectivity index (χ1n) is 4.23. The first-order chi connectivity index (χ1) is 7.27. The summed E-state index contributed by atoms with van der Waals surface area (Å²) in [4.78, 5) is 10.8. The number of ether oxygens (including phenoxy) is 1. The quantitative estimate of drug-likeness (QED) is 0.754. The molecule has 0 unspecified atom stereocenters. The van der Waals surface area contributed by atoms with E-state index in [-0.39, 0.29) is 16.9 Å². The lowest BCUT2D eigenvalue weighted by atomic mass is 10.0. The van der Waals surface area contributed by atoms with Crippen LogP contribution < -0.4 is 4.74 Å². The number of halogens is 4. The molecule has 0 aromatic heterocycles. The van der Waals surface area contributed by atoms with Gasteiger partial charge in [0, 0.05) is 5.56 Å². The van der Waals surface area contributed by atoms with Crippen molar-refractivity contribution in [2.75, 3.05) is 7.11 Å². The second-order valence-corrected chi connectivity index (χ2v) is 3.49. The fourth-order valence-corrected chi connectivity index (χ4v) is 1.48. The van der Waals surface area contributed by atoms with Crippen molar-refractivity contribution in [2.45, 2.75) is 13.1 Å². The summed E-state index contributed by atoms with van der Waals surface area (Å²) in [5, 5.41) is -0.934. The maximum absolute atomic E-state index is 12.6. The van der Waals surface area contributed by atoms with Crippen molar-refractivity contribution in [3.63, 3.8) is 0 Å². The molecule has 0 aliphatic carbocycles. The SMILES string of the molecule is COc1c(C)cc(C(=O)Cl)cc1C(F)(F)F. The smallest absolute Gasteiger partial charge is 0.419 e. The van der Waals surface area contributed by atoms with Crippen LogP contribution in [0.2, 0.25) is 0 Å². The summed E-state index contributed by atoms with van der Waals surface area (Å²) in [7, 11) is 1.14. The lowest BCUT2D eigenvalue weighted by Gasteiger charge is -2.14. The van der Waals surface area contributed by atoms with Gasteiger partial charge in [-0.25, -0.2) is 0 Å². The number of rotatable bonds is 2. The van der Waals surface area contributed by atoms with Gasteiger partial charge < -0.3 is 4.74 Å². The van der Waals surface area contributed by atoms with Crippen LogP contribution in [0.5, 0.6) is 5.75 Å². The van der Waals surface area contributed by atoms with Crippen LogP contribution in [0.15, 0.2) is 12.1 Å². The highest BCUT2D eigenvalue weighted by Gasteiger charge is 2.35. The molecule has 88 valence electrons. The summed E-state index contributed by atoms with van der Waals surface area (Å²) < 4.78 is 42.5. The number of methoxy groups -OCH3 is 1. The van der Waals surface area contributed by atoms with E-state index >= 15 is 0 Å². The summed E-state index contributed by atoms with van der Waals surface area (Å²) in [6.07, 6.45) is -4.58. The number of hydrogen-bond acceptors (Lipinski definition) is 2. The Labute approximate surface area is 95.0 Å². The van der Waals surface area contributed by atoms with Gasteiger partial charge in [-0.1, -0.05) is 0 Å². The van der Waals surface area contributed by atoms with Gasteiger partial charge >= 0.3 is 6.18 Å². The predicted molar refractivity (Wildman–Crippen MR) is 52.9 cm³/mol. The third-order valence-electron chi connectivity index (χ3n) is 2.01.